The highest BCUT2D eigenvalue weighted by atomic mass is 32.1. The molecule has 0 unspecified atom stereocenters. The number of hydrogen-bond donors (Lipinski definition) is 3. The third-order valence-corrected chi connectivity index (χ3v) is 6.26. The smallest absolute Gasteiger partial charge is 0.227 e. The normalized spacial score (nSPS) is 18.5. The molecule has 0 atom stereocenters. The molecule has 8 nitrogen and oxygen atoms in total. The maximum atomic E-state index is 12.7. The third kappa shape index (κ3) is 4.03. The van der Waals surface area contributed by atoms with Crippen molar-refractivity contribution in [1.29, 1.82) is 0 Å². The number of imidazole rings is 1. The fourth-order valence-corrected chi connectivity index (χ4v) is 4.38. The van der Waals surface area contributed by atoms with Gasteiger partial charge < -0.3 is 15.6 Å². The van der Waals surface area contributed by atoms with Crippen molar-refractivity contribution in [3.63, 3.8) is 0 Å². The SMILES string of the molecule is Nc1nc(-c2cccnc2)nc2c1ncn2C1CCC(C(=O)Nc2ccc(S)cc2)CC1. The zero-order valence-corrected chi connectivity index (χ0v) is 18.2. The molecule has 9 heteroatoms. The minimum Gasteiger partial charge on any atom is -0.382 e. The van der Waals surface area contributed by atoms with Gasteiger partial charge in [-0.25, -0.2) is 15.0 Å². The molecule has 0 spiro atoms. The van der Waals surface area contributed by atoms with Crippen LogP contribution in [0, 0.1) is 5.92 Å². The Labute approximate surface area is 190 Å². The number of nitrogens with zero attached hydrogens (tertiary/aromatic N) is 5. The van der Waals surface area contributed by atoms with Crippen molar-refractivity contribution in [3.8, 4) is 11.4 Å². The van der Waals surface area contributed by atoms with E-state index in [0.29, 0.717) is 17.2 Å². The first kappa shape index (κ1) is 20.4. The zero-order valence-electron chi connectivity index (χ0n) is 17.3. The molecule has 3 aromatic heterocycles. The Hall–Kier alpha value is -3.46. The van der Waals surface area contributed by atoms with Gasteiger partial charge in [-0.05, 0) is 62.1 Å². The summed E-state index contributed by atoms with van der Waals surface area (Å²) in [6, 6.07) is 11.4. The molecular formula is C23H23N7OS. The molecule has 1 aromatic carbocycles. The Kier molecular flexibility index (Phi) is 5.48. The standard InChI is InChI=1S/C23H23N7OS/c24-20-19-22(29-21(28-20)15-2-1-11-25-12-15)30(13-26-19)17-7-3-14(4-8-17)23(31)27-16-5-9-18(32)10-6-16/h1-2,5-6,9-14,17,32H,3-4,7-8H2,(H,27,31)(H2,24,28,29). The molecule has 0 aliphatic heterocycles. The molecular weight excluding hydrogens is 422 g/mol. The summed E-state index contributed by atoms with van der Waals surface area (Å²) >= 11 is 4.28. The van der Waals surface area contributed by atoms with Crippen molar-refractivity contribution in [2.24, 2.45) is 5.92 Å². The van der Waals surface area contributed by atoms with Gasteiger partial charge in [-0.1, -0.05) is 0 Å². The lowest BCUT2D eigenvalue weighted by Crippen LogP contribution is -2.28. The van der Waals surface area contributed by atoms with E-state index in [1.807, 2.05) is 36.4 Å². The molecule has 1 fully saturated rings. The molecule has 162 valence electrons. The van der Waals surface area contributed by atoms with Crippen molar-refractivity contribution < 1.29 is 4.79 Å². The minimum absolute atomic E-state index is 0.0117. The number of anilines is 2. The van der Waals surface area contributed by atoms with Crippen molar-refractivity contribution in [2.45, 2.75) is 36.6 Å². The van der Waals surface area contributed by atoms with Gasteiger partial charge >= 0.3 is 0 Å². The van der Waals surface area contributed by atoms with Crippen LogP contribution in [0.3, 0.4) is 0 Å². The molecule has 1 aliphatic carbocycles. The van der Waals surface area contributed by atoms with Gasteiger partial charge in [0, 0.05) is 40.5 Å². The number of rotatable bonds is 4. The molecule has 3 heterocycles. The molecule has 0 radical (unpaired) electrons. The number of thiol groups is 1. The molecule has 3 N–H and O–H groups in total. The largest absolute Gasteiger partial charge is 0.382 e. The van der Waals surface area contributed by atoms with Crippen LogP contribution in [0.25, 0.3) is 22.6 Å². The lowest BCUT2D eigenvalue weighted by Gasteiger charge is -2.28. The average molecular weight is 446 g/mol. The van der Waals surface area contributed by atoms with Crippen molar-refractivity contribution >= 4 is 41.2 Å². The van der Waals surface area contributed by atoms with E-state index in [1.165, 1.54) is 0 Å². The van der Waals surface area contributed by atoms with Crippen LogP contribution in [0.5, 0.6) is 0 Å². The van der Waals surface area contributed by atoms with Crippen LogP contribution in [0.1, 0.15) is 31.7 Å². The Morgan fingerprint density at radius 3 is 2.59 bits per heavy atom. The van der Waals surface area contributed by atoms with Crippen LogP contribution in [0.15, 0.2) is 60.0 Å². The van der Waals surface area contributed by atoms with E-state index in [4.69, 9.17) is 10.7 Å². The fraction of sp³-hybridized carbons (Fsp3) is 0.261. The van der Waals surface area contributed by atoms with Gasteiger partial charge in [-0.2, -0.15) is 0 Å². The van der Waals surface area contributed by atoms with Crippen molar-refractivity contribution in [3.05, 3.63) is 55.1 Å². The third-order valence-electron chi connectivity index (χ3n) is 5.96. The minimum atomic E-state index is -0.0117. The molecule has 32 heavy (non-hydrogen) atoms. The summed E-state index contributed by atoms with van der Waals surface area (Å²) in [4.78, 5) is 31.3. The van der Waals surface area contributed by atoms with Gasteiger partial charge in [-0.15, -0.1) is 12.6 Å². The summed E-state index contributed by atoms with van der Waals surface area (Å²) in [5, 5.41) is 3.02. The summed E-state index contributed by atoms with van der Waals surface area (Å²) in [5.74, 6) is 0.941. The number of carbonyl (C=O) groups is 1. The van der Waals surface area contributed by atoms with E-state index < -0.39 is 0 Å². The van der Waals surface area contributed by atoms with Crippen LogP contribution >= 0.6 is 12.6 Å². The van der Waals surface area contributed by atoms with Gasteiger partial charge in [0.2, 0.25) is 5.91 Å². The Morgan fingerprint density at radius 1 is 1.09 bits per heavy atom. The highest BCUT2D eigenvalue weighted by Crippen LogP contribution is 2.35. The van der Waals surface area contributed by atoms with E-state index in [2.05, 4.69) is 37.5 Å². The van der Waals surface area contributed by atoms with E-state index in [9.17, 15) is 4.79 Å². The highest BCUT2D eigenvalue weighted by Gasteiger charge is 2.28. The monoisotopic (exact) mass is 445 g/mol. The predicted octanol–water partition coefficient (Wildman–Crippen LogP) is 4.13. The first-order valence-electron chi connectivity index (χ1n) is 10.6. The summed E-state index contributed by atoms with van der Waals surface area (Å²) in [6.45, 7) is 0. The van der Waals surface area contributed by atoms with Crippen LogP contribution in [-0.4, -0.2) is 30.4 Å². The van der Waals surface area contributed by atoms with Crippen molar-refractivity contribution in [2.75, 3.05) is 11.1 Å². The first-order valence-corrected chi connectivity index (χ1v) is 11.0. The Bertz CT molecular complexity index is 1250. The maximum absolute atomic E-state index is 12.7. The quantitative estimate of drug-likeness (QED) is 0.407. The van der Waals surface area contributed by atoms with Crippen LogP contribution < -0.4 is 11.1 Å². The van der Waals surface area contributed by atoms with E-state index in [-0.39, 0.29) is 17.9 Å². The number of nitrogen functional groups attached to an aromatic ring is 1. The number of aromatic nitrogens is 5. The molecule has 4 aromatic rings. The van der Waals surface area contributed by atoms with Crippen LogP contribution in [0.2, 0.25) is 0 Å². The van der Waals surface area contributed by atoms with Gasteiger partial charge in [-0.3, -0.25) is 9.78 Å². The number of benzene rings is 1. The van der Waals surface area contributed by atoms with E-state index in [1.54, 1.807) is 18.7 Å². The summed E-state index contributed by atoms with van der Waals surface area (Å²) < 4.78 is 2.08. The lowest BCUT2D eigenvalue weighted by molar-refractivity contribution is -0.120. The number of nitrogens with two attached hydrogens (primary N) is 1. The summed E-state index contributed by atoms with van der Waals surface area (Å²) in [7, 11) is 0. The molecule has 5 rings (SSSR count). The maximum Gasteiger partial charge on any atom is 0.227 e. The Balaban J connectivity index is 1.32. The topological polar surface area (TPSA) is 112 Å². The molecule has 1 saturated carbocycles. The summed E-state index contributed by atoms with van der Waals surface area (Å²) in [5.41, 5.74) is 9.10. The fourth-order valence-electron chi connectivity index (χ4n) is 4.23. The number of amides is 1. The molecule has 0 bridgehead atoms. The second kappa shape index (κ2) is 8.58. The van der Waals surface area contributed by atoms with Crippen LogP contribution in [0.4, 0.5) is 11.5 Å². The number of hydrogen-bond acceptors (Lipinski definition) is 7. The highest BCUT2D eigenvalue weighted by molar-refractivity contribution is 7.80. The molecule has 1 amide bonds. The summed E-state index contributed by atoms with van der Waals surface area (Å²) in [6.07, 6.45) is 8.55. The van der Waals surface area contributed by atoms with E-state index >= 15 is 0 Å². The van der Waals surface area contributed by atoms with Gasteiger partial charge in [0.15, 0.2) is 17.3 Å². The average Bonchev–Trinajstić information content (AvgIpc) is 3.26. The second-order valence-electron chi connectivity index (χ2n) is 8.04. The molecule has 1 aliphatic rings. The van der Waals surface area contributed by atoms with E-state index in [0.717, 1.165) is 47.5 Å². The van der Waals surface area contributed by atoms with Gasteiger partial charge in [0.05, 0.1) is 6.33 Å². The second-order valence-corrected chi connectivity index (χ2v) is 8.56. The number of pyridine rings is 1. The lowest BCUT2D eigenvalue weighted by atomic mass is 9.85. The predicted molar refractivity (Wildman–Crippen MR) is 126 cm³/mol. The zero-order chi connectivity index (χ0) is 22.1. The van der Waals surface area contributed by atoms with Crippen LogP contribution in [-0.2, 0) is 4.79 Å². The van der Waals surface area contributed by atoms with Gasteiger partial charge in [0.25, 0.3) is 0 Å². The Morgan fingerprint density at radius 2 is 1.88 bits per heavy atom. The molecule has 0 saturated heterocycles. The number of fused-ring (bicyclic) bond motifs is 1. The van der Waals surface area contributed by atoms with Gasteiger partial charge in [0.1, 0.15) is 5.52 Å². The first-order chi connectivity index (χ1) is 15.6. The van der Waals surface area contributed by atoms with Crippen molar-refractivity contribution in [1.82, 2.24) is 24.5 Å². The number of nitrogens with one attached hydrogen (secondary N) is 1. The number of carbonyl (C=O) groups excluding carboxylic acids is 1.